The Bertz CT molecular complexity index is 1880. The van der Waals surface area contributed by atoms with E-state index in [1.165, 1.54) is 12.1 Å². The molecule has 0 aliphatic rings. The second kappa shape index (κ2) is 10.7. The number of anilines is 1. The molecule has 3 aromatic heterocycles. The third-order valence-corrected chi connectivity index (χ3v) is 7.17. The first kappa shape index (κ1) is 27.9. The molecule has 0 aliphatic carbocycles. The predicted octanol–water partition coefficient (Wildman–Crippen LogP) is 3.89. The molecule has 0 radical (unpaired) electrons. The summed E-state index contributed by atoms with van der Waals surface area (Å²) in [5, 5.41) is 9.15. The first-order chi connectivity index (χ1) is 19.4. The summed E-state index contributed by atoms with van der Waals surface area (Å²) < 4.78 is 57.8. The zero-order valence-electron chi connectivity index (χ0n) is 22.5. The van der Waals surface area contributed by atoms with Crippen molar-refractivity contribution < 1.29 is 22.0 Å². The van der Waals surface area contributed by atoms with Crippen molar-refractivity contribution in [1.82, 2.24) is 24.5 Å². The number of carbonyl (C=O) groups is 1. The van der Waals surface area contributed by atoms with Gasteiger partial charge in [0.25, 0.3) is 0 Å². The Hall–Kier alpha value is -4.65. The van der Waals surface area contributed by atoms with Crippen LogP contribution >= 0.6 is 0 Å². The van der Waals surface area contributed by atoms with Crippen LogP contribution in [0.2, 0.25) is 0 Å². The normalized spacial score (nSPS) is 12.5. The van der Waals surface area contributed by atoms with Gasteiger partial charge in [0, 0.05) is 60.8 Å². The van der Waals surface area contributed by atoms with Crippen molar-refractivity contribution in [1.29, 1.82) is 0 Å². The highest BCUT2D eigenvalue weighted by atomic mass is 32.2. The molecular formula is C28H27F2N7O3S. The maximum absolute atomic E-state index is 14.1. The summed E-state index contributed by atoms with van der Waals surface area (Å²) >= 11 is 0. The number of primary amides is 1. The van der Waals surface area contributed by atoms with E-state index in [9.17, 15) is 22.0 Å². The second-order valence-electron chi connectivity index (χ2n) is 9.93. The van der Waals surface area contributed by atoms with E-state index in [1.54, 1.807) is 48.0 Å². The molecule has 10 nitrogen and oxygen atoms in total. The van der Waals surface area contributed by atoms with E-state index >= 15 is 0 Å². The highest BCUT2D eigenvalue weighted by Gasteiger charge is 2.25. The minimum Gasteiger partial charge on any atom is -0.370 e. The third kappa shape index (κ3) is 6.09. The van der Waals surface area contributed by atoms with Gasteiger partial charge in [0.15, 0.2) is 5.82 Å². The van der Waals surface area contributed by atoms with Crippen LogP contribution in [0, 0.1) is 11.6 Å². The summed E-state index contributed by atoms with van der Waals surface area (Å²) in [7, 11) is -0.139. The SMILES string of the molecule is Cn1cc(-c2ccc(-c3cccc4c(NS(C)(=O)=O)nn(C)c34)c([C@H](CC(N)=O)Cc3cc(F)cc(F)c3)n2)cn1. The van der Waals surface area contributed by atoms with Gasteiger partial charge in [0.05, 0.1) is 29.4 Å². The van der Waals surface area contributed by atoms with E-state index in [-0.39, 0.29) is 18.7 Å². The van der Waals surface area contributed by atoms with Crippen LogP contribution in [0.1, 0.15) is 23.6 Å². The molecule has 5 aromatic rings. The third-order valence-electron chi connectivity index (χ3n) is 6.60. The van der Waals surface area contributed by atoms with Crippen LogP contribution in [0.15, 0.2) is 60.9 Å². The van der Waals surface area contributed by atoms with E-state index in [1.807, 2.05) is 18.2 Å². The number of sulfonamides is 1. The average molecular weight is 580 g/mol. The quantitative estimate of drug-likeness (QED) is 0.272. The Kier molecular flexibility index (Phi) is 7.30. The molecule has 3 N–H and O–H groups in total. The number of nitrogens with two attached hydrogens (primary N) is 1. The van der Waals surface area contributed by atoms with Crippen molar-refractivity contribution >= 4 is 32.7 Å². The number of aryl methyl sites for hydroxylation is 2. The van der Waals surface area contributed by atoms with Crippen molar-refractivity contribution in [3.63, 3.8) is 0 Å². The number of aromatic nitrogens is 5. The molecule has 41 heavy (non-hydrogen) atoms. The zero-order valence-corrected chi connectivity index (χ0v) is 23.3. The first-order valence-corrected chi connectivity index (χ1v) is 14.4. The minimum atomic E-state index is -3.60. The summed E-state index contributed by atoms with van der Waals surface area (Å²) in [6.07, 6.45) is 4.43. The molecule has 0 aliphatic heterocycles. The fraction of sp³-hybridized carbons (Fsp3) is 0.214. The number of hydrogen-bond acceptors (Lipinski definition) is 6. The molecule has 0 bridgehead atoms. The van der Waals surface area contributed by atoms with Gasteiger partial charge in [-0.15, -0.1) is 0 Å². The number of halogens is 2. The number of para-hydroxylation sites is 1. The number of amides is 1. The lowest BCUT2D eigenvalue weighted by molar-refractivity contribution is -0.118. The van der Waals surface area contributed by atoms with Gasteiger partial charge < -0.3 is 5.73 Å². The smallest absolute Gasteiger partial charge is 0.231 e. The summed E-state index contributed by atoms with van der Waals surface area (Å²) in [6.45, 7) is 0. The van der Waals surface area contributed by atoms with Gasteiger partial charge in [-0.2, -0.15) is 10.2 Å². The summed E-state index contributed by atoms with van der Waals surface area (Å²) in [6, 6.07) is 12.2. The van der Waals surface area contributed by atoms with Gasteiger partial charge in [-0.1, -0.05) is 18.2 Å². The van der Waals surface area contributed by atoms with Crippen LogP contribution in [0.25, 0.3) is 33.3 Å². The number of fused-ring (bicyclic) bond motifs is 1. The maximum atomic E-state index is 14.1. The Morgan fingerprint density at radius 3 is 2.44 bits per heavy atom. The van der Waals surface area contributed by atoms with E-state index in [0.29, 0.717) is 39.0 Å². The lowest BCUT2D eigenvalue weighted by atomic mass is 9.87. The number of nitrogens with zero attached hydrogens (tertiary/aromatic N) is 5. The number of hydrogen-bond donors (Lipinski definition) is 2. The van der Waals surface area contributed by atoms with Crippen molar-refractivity contribution in [2.45, 2.75) is 18.8 Å². The van der Waals surface area contributed by atoms with Crippen LogP contribution in [0.4, 0.5) is 14.6 Å². The molecule has 2 aromatic carbocycles. The average Bonchev–Trinajstić information content (AvgIpc) is 3.44. The van der Waals surface area contributed by atoms with E-state index in [4.69, 9.17) is 10.7 Å². The lowest BCUT2D eigenvalue weighted by Gasteiger charge is -2.21. The Morgan fingerprint density at radius 1 is 1.07 bits per heavy atom. The Morgan fingerprint density at radius 2 is 1.80 bits per heavy atom. The topological polar surface area (TPSA) is 138 Å². The maximum Gasteiger partial charge on any atom is 0.231 e. The van der Waals surface area contributed by atoms with Crippen molar-refractivity contribution in [2.75, 3.05) is 11.0 Å². The number of nitrogens with one attached hydrogen (secondary N) is 1. The number of rotatable bonds is 9. The van der Waals surface area contributed by atoms with E-state index in [0.717, 1.165) is 17.9 Å². The molecule has 1 amide bonds. The molecule has 0 spiro atoms. The van der Waals surface area contributed by atoms with Gasteiger partial charge in [0.1, 0.15) is 11.6 Å². The van der Waals surface area contributed by atoms with Crippen LogP contribution < -0.4 is 10.5 Å². The predicted molar refractivity (Wildman–Crippen MR) is 151 cm³/mol. The van der Waals surface area contributed by atoms with Crippen molar-refractivity contribution in [3.8, 4) is 22.4 Å². The number of carbonyl (C=O) groups excluding carboxylic acids is 1. The zero-order chi connectivity index (χ0) is 29.5. The fourth-order valence-corrected chi connectivity index (χ4v) is 5.56. The highest BCUT2D eigenvalue weighted by molar-refractivity contribution is 7.92. The molecule has 0 unspecified atom stereocenters. The van der Waals surface area contributed by atoms with Crippen LogP contribution in [0.5, 0.6) is 0 Å². The highest BCUT2D eigenvalue weighted by Crippen LogP contribution is 2.39. The molecule has 1 atom stereocenters. The van der Waals surface area contributed by atoms with Crippen molar-refractivity contribution in [2.24, 2.45) is 19.8 Å². The van der Waals surface area contributed by atoms with Gasteiger partial charge in [0.2, 0.25) is 15.9 Å². The molecule has 5 rings (SSSR count). The van der Waals surface area contributed by atoms with E-state index < -0.39 is 33.5 Å². The van der Waals surface area contributed by atoms with E-state index in [2.05, 4.69) is 14.9 Å². The molecule has 212 valence electrons. The lowest BCUT2D eigenvalue weighted by Crippen LogP contribution is -2.18. The van der Waals surface area contributed by atoms with Gasteiger partial charge in [-0.05, 0) is 36.2 Å². The van der Waals surface area contributed by atoms with Crippen molar-refractivity contribution in [3.05, 3.63) is 83.8 Å². The summed E-state index contributed by atoms with van der Waals surface area (Å²) in [5.74, 6) is -2.57. The molecule has 3 heterocycles. The van der Waals surface area contributed by atoms with Gasteiger partial charge in [-0.25, -0.2) is 17.2 Å². The van der Waals surface area contributed by atoms with Crippen LogP contribution in [0.3, 0.4) is 0 Å². The summed E-state index contributed by atoms with van der Waals surface area (Å²) in [5.41, 5.74) is 9.68. The number of benzene rings is 2. The number of pyridine rings is 1. The van der Waals surface area contributed by atoms with Gasteiger partial charge >= 0.3 is 0 Å². The largest absolute Gasteiger partial charge is 0.370 e. The molecule has 0 saturated carbocycles. The molecule has 0 fully saturated rings. The monoisotopic (exact) mass is 579 g/mol. The Balaban J connectivity index is 1.74. The molecule has 0 saturated heterocycles. The molecule has 13 heteroatoms. The molecular weight excluding hydrogens is 552 g/mol. The Labute approximate surface area is 234 Å². The standard InChI is InChI=1S/C28H27F2N7O3S/c1-36-15-18(14-32-36)24-8-7-21(22-5-4-6-23-27(22)37(2)34-28(23)35-41(3,39)40)26(33-24)17(12-25(31)38)9-16-10-19(29)13-20(30)11-16/h4-8,10-11,13-15,17H,9,12H2,1-3H3,(H2,31,38)(H,34,35)/t17-/m0/s1. The van der Waals surface area contributed by atoms with Gasteiger partial charge in [-0.3, -0.25) is 23.9 Å². The summed E-state index contributed by atoms with van der Waals surface area (Å²) in [4.78, 5) is 17.2. The first-order valence-electron chi connectivity index (χ1n) is 12.5. The second-order valence-corrected chi connectivity index (χ2v) is 11.7. The fourth-order valence-electron chi connectivity index (χ4n) is 5.06. The van der Waals surface area contributed by atoms with Crippen LogP contribution in [-0.2, 0) is 35.3 Å². The minimum absolute atomic E-state index is 0.0797. The van der Waals surface area contributed by atoms with Crippen LogP contribution in [-0.4, -0.2) is 45.1 Å².